The first-order chi connectivity index (χ1) is 7.97. The summed E-state index contributed by atoms with van der Waals surface area (Å²) < 4.78 is 0. The topological polar surface area (TPSA) is 51.6 Å². The molecular weight excluding hydrogens is 200 g/mol. The van der Waals surface area contributed by atoms with Crippen LogP contribution in [0.25, 0.3) is 11.1 Å². The Morgan fingerprint density at radius 3 is 1.06 bits per heavy atom. The lowest BCUT2D eigenvalue weighted by molar-refractivity contribution is 1.14. The van der Waals surface area contributed by atoms with E-state index >= 15 is 0 Å². The minimum absolute atomic E-state index is 0.929. The normalized spacial score (nSPS) is 8.00. The van der Waals surface area contributed by atoms with Crippen LogP contribution >= 0.6 is 0 Å². The van der Waals surface area contributed by atoms with E-state index in [1.54, 1.807) is 24.8 Å². The first-order valence-corrected chi connectivity index (χ1v) is 5.47. The van der Waals surface area contributed by atoms with Crippen LogP contribution in [0.1, 0.15) is 27.7 Å². The lowest BCUT2D eigenvalue weighted by Crippen LogP contribution is -1.83. The molecule has 2 heterocycles. The summed E-state index contributed by atoms with van der Waals surface area (Å²) in [6.07, 6.45) is 9.90. The summed E-state index contributed by atoms with van der Waals surface area (Å²) in [5, 5.41) is 0. The SMILES string of the molecule is CC.CC.c1ncc(-c2cncnc2)cn1. The molecule has 16 heavy (non-hydrogen) atoms. The Balaban J connectivity index is 0.000000509. The fraction of sp³-hybridized carbons (Fsp3) is 0.333. The second-order valence-electron chi connectivity index (χ2n) is 2.25. The summed E-state index contributed by atoms with van der Waals surface area (Å²) in [6.45, 7) is 8.00. The van der Waals surface area contributed by atoms with Crippen molar-refractivity contribution in [3.63, 3.8) is 0 Å². The average molecular weight is 218 g/mol. The van der Waals surface area contributed by atoms with E-state index < -0.39 is 0 Å². The van der Waals surface area contributed by atoms with Crippen molar-refractivity contribution in [3.8, 4) is 11.1 Å². The highest BCUT2D eigenvalue weighted by molar-refractivity contribution is 5.58. The maximum absolute atomic E-state index is 3.89. The molecule has 0 saturated heterocycles. The molecule has 86 valence electrons. The number of hydrogen-bond acceptors (Lipinski definition) is 4. The molecule has 0 aliphatic rings. The molecule has 0 N–H and O–H groups in total. The highest BCUT2D eigenvalue weighted by Gasteiger charge is 1.95. The fourth-order valence-electron chi connectivity index (χ4n) is 0.896. The quantitative estimate of drug-likeness (QED) is 0.738. The van der Waals surface area contributed by atoms with Crippen LogP contribution in [0, 0.1) is 0 Å². The third-order valence-corrected chi connectivity index (χ3v) is 1.45. The summed E-state index contributed by atoms with van der Waals surface area (Å²) in [6, 6.07) is 0. The van der Waals surface area contributed by atoms with E-state index in [1.807, 2.05) is 27.7 Å². The molecule has 0 unspecified atom stereocenters. The number of aromatic nitrogens is 4. The van der Waals surface area contributed by atoms with Crippen LogP contribution in [0.15, 0.2) is 37.4 Å². The molecule has 0 spiro atoms. The lowest BCUT2D eigenvalue weighted by atomic mass is 10.2. The molecule has 0 amide bonds. The minimum atomic E-state index is 0.929. The Kier molecular flexibility index (Phi) is 8.59. The summed E-state index contributed by atoms with van der Waals surface area (Å²) in [5.41, 5.74) is 1.86. The summed E-state index contributed by atoms with van der Waals surface area (Å²) in [4.78, 5) is 15.6. The van der Waals surface area contributed by atoms with Gasteiger partial charge in [0.1, 0.15) is 12.7 Å². The Morgan fingerprint density at radius 1 is 0.562 bits per heavy atom. The van der Waals surface area contributed by atoms with E-state index in [-0.39, 0.29) is 0 Å². The van der Waals surface area contributed by atoms with Gasteiger partial charge < -0.3 is 0 Å². The van der Waals surface area contributed by atoms with Gasteiger partial charge in [-0.2, -0.15) is 0 Å². The van der Waals surface area contributed by atoms with Crippen LogP contribution in [-0.4, -0.2) is 19.9 Å². The Morgan fingerprint density at radius 2 is 0.812 bits per heavy atom. The largest absolute Gasteiger partial charge is 0.244 e. The first kappa shape index (κ1) is 14.2. The highest BCUT2D eigenvalue weighted by atomic mass is 14.8. The summed E-state index contributed by atoms with van der Waals surface area (Å²) >= 11 is 0. The molecule has 0 radical (unpaired) electrons. The second kappa shape index (κ2) is 9.71. The molecule has 4 heteroatoms. The molecule has 0 aliphatic carbocycles. The molecular formula is C12H18N4. The van der Waals surface area contributed by atoms with Gasteiger partial charge in [-0.05, 0) is 0 Å². The van der Waals surface area contributed by atoms with E-state index in [0.717, 1.165) is 11.1 Å². The molecule has 0 bridgehead atoms. The number of rotatable bonds is 1. The van der Waals surface area contributed by atoms with Crippen LogP contribution in [0.3, 0.4) is 0 Å². The Bertz CT molecular complexity index is 310. The second-order valence-corrected chi connectivity index (χ2v) is 2.25. The monoisotopic (exact) mass is 218 g/mol. The standard InChI is InChI=1S/C8H6N4.2C2H6/c1-7(2-10-5-9-1)8-3-11-6-12-4-8;2*1-2/h1-6H;2*1-2H3. The Hall–Kier alpha value is -1.84. The molecule has 0 aliphatic heterocycles. The van der Waals surface area contributed by atoms with Crippen LogP contribution in [0.5, 0.6) is 0 Å². The summed E-state index contributed by atoms with van der Waals surface area (Å²) in [5.74, 6) is 0. The van der Waals surface area contributed by atoms with E-state index in [0.29, 0.717) is 0 Å². The minimum Gasteiger partial charge on any atom is -0.244 e. The predicted octanol–water partition coefficient (Wildman–Crippen LogP) is 2.99. The molecule has 0 aromatic carbocycles. The van der Waals surface area contributed by atoms with Gasteiger partial charge in [-0.3, -0.25) is 0 Å². The average Bonchev–Trinajstić information content (AvgIpc) is 2.45. The third-order valence-electron chi connectivity index (χ3n) is 1.45. The fourth-order valence-corrected chi connectivity index (χ4v) is 0.896. The first-order valence-electron chi connectivity index (χ1n) is 5.47. The predicted molar refractivity (Wildman–Crippen MR) is 65.8 cm³/mol. The number of nitrogens with zero attached hydrogens (tertiary/aromatic N) is 4. The maximum atomic E-state index is 3.89. The van der Waals surface area contributed by atoms with Crippen LogP contribution < -0.4 is 0 Å². The van der Waals surface area contributed by atoms with Crippen molar-refractivity contribution >= 4 is 0 Å². The van der Waals surface area contributed by atoms with E-state index in [1.165, 1.54) is 12.7 Å². The molecule has 0 atom stereocenters. The van der Waals surface area contributed by atoms with Crippen molar-refractivity contribution in [1.29, 1.82) is 0 Å². The van der Waals surface area contributed by atoms with Gasteiger partial charge in [-0.1, -0.05) is 27.7 Å². The van der Waals surface area contributed by atoms with Crippen LogP contribution in [0.2, 0.25) is 0 Å². The van der Waals surface area contributed by atoms with Crippen molar-refractivity contribution < 1.29 is 0 Å². The van der Waals surface area contributed by atoms with Crippen LogP contribution in [-0.2, 0) is 0 Å². The zero-order valence-electron chi connectivity index (χ0n) is 10.3. The zero-order valence-corrected chi connectivity index (χ0v) is 10.3. The van der Waals surface area contributed by atoms with E-state index in [4.69, 9.17) is 0 Å². The molecule has 0 fully saturated rings. The summed E-state index contributed by atoms with van der Waals surface area (Å²) in [7, 11) is 0. The van der Waals surface area contributed by atoms with Gasteiger partial charge in [0.2, 0.25) is 0 Å². The van der Waals surface area contributed by atoms with Gasteiger partial charge in [0.15, 0.2) is 0 Å². The van der Waals surface area contributed by atoms with Crippen molar-refractivity contribution in [2.75, 3.05) is 0 Å². The Labute approximate surface area is 96.8 Å². The van der Waals surface area contributed by atoms with Gasteiger partial charge >= 0.3 is 0 Å². The van der Waals surface area contributed by atoms with Crippen LogP contribution in [0.4, 0.5) is 0 Å². The van der Waals surface area contributed by atoms with Gasteiger partial charge in [0, 0.05) is 35.9 Å². The van der Waals surface area contributed by atoms with Crippen molar-refractivity contribution in [1.82, 2.24) is 19.9 Å². The molecule has 0 saturated carbocycles. The highest BCUT2D eigenvalue weighted by Crippen LogP contribution is 2.12. The molecule has 2 rings (SSSR count). The zero-order chi connectivity index (χ0) is 12.2. The number of hydrogen-bond donors (Lipinski definition) is 0. The van der Waals surface area contributed by atoms with Gasteiger partial charge in [0.25, 0.3) is 0 Å². The van der Waals surface area contributed by atoms with Gasteiger partial charge in [-0.25, -0.2) is 19.9 Å². The lowest BCUT2D eigenvalue weighted by Gasteiger charge is -1.95. The van der Waals surface area contributed by atoms with Gasteiger partial charge in [-0.15, -0.1) is 0 Å². The third kappa shape index (κ3) is 4.59. The van der Waals surface area contributed by atoms with Gasteiger partial charge in [0.05, 0.1) is 0 Å². The van der Waals surface area contributed by atoms with Crippen molar-refractivity contribution in [2.45, 2.75) is 27.7 Å². The van der Waals surface area contributed by atoms with Crippen molar-refractivity contribution in [3.05, 3.63) is 37.4 Å². The van der Waals surface area contributed by atoms with E-state index in [9.17, 15) is 0 Å². The maximum Gasteiger partial charge on any atom is 0.115 e. The smallest absolute Gasteiger partial charge is 0.115 e. The van der Waals surface area contributed by atoms with Crippen molar-refractivity contribution in [2.24, 2.45) is 0 Å². The van der Waals surface area contributed by atoms with E-state index in [2.05, 4.69) is 19.9 Å². The molecule has 2 aromatic rings. The molecule has 2 aromatic heterocycles. The molecule has 4 nitrogen and oxygen atoms in total.